The van der Waals surface area contributed by atoms with Crippen molar-refractivity contribution in [1.29, 1.82) is 0 Å². The molecule has 0 nitrogen and oxygen atoms in total. The summed E-state index contributed by atoms with van der Waals surface area (Å²) in [6.45, 7) is 8.89. The minimum Gasteiger partial charge on any atom is -0.141 e. The maximum Gasteiger partial charge on any atom is 0.0441 e. The van der Waals surface area contributed by atoms with Crippen molar-refractivity contribution in [1.82, 2.24) is 0 Å². The Labute approximate surface area is 136 Å². The van der Waals surface area contributed by atoms with E-state index in [-0.39, 0.29) is 0 Å². The van der Waals surface area contributed by atoms with Crippen molar-refractivity contribution < 1.29 is 0 Å². The predicted octanol–water partition coefficient (Wildman–Crippen LogP) is 7.08. The fourth-order valence-corrected chi connectivity index (χ4v) is 6.19. The van der Waals surface area contributed by atoms with E-state index in [1.54, 1.807) is 0 Å². The fraction of sp³-hybridized carbons (Fsp3) is 0.222. The minimum atomic E-state index is 1.38. The molecule has 1 aromatic carbocycles. The summed E-state index contributed by atoms with van der Waals surface area (Å²) in [4.78, 5) is 5.59. The van der Waals surface area contributed by atoms with Gasteiger partial charge in [-0.3, -0.25) is 0 Å². The molecule has 0 saturated carbocycles. The van der Waals surface area contributed by atoms with Crippen LogP contribution < -0.4 is 0 Å². The third kappa shape index (κ3) is 1.99. The Kier molecular flexibility index (Phi) is 3.00. The van der Waals surface area contributed by atoms with Gasteiger partial charge in [-0.1, -0.05) is 0 Å². The summed E-state index contributed by atoms with van der Waals surface area (Å²) in [7, 11) is 0. The van der Waals surface area contributed by atoms with Gasteiger partial charge in [0.25, 0.3) is 0 Å². The Morgan fingerprint density at radius 3 is 2.00 bits per heavy atom. The number of aryl methyl sites for hydroxylation is 4. The number of hydrogen-bond donors (Lipinski definition) is 0. The molecule has 0 spiro atoms. The van der Waals surface area contributed by atoms with Gasteiger partial charge < -0.3 is 0 Å². The fourth-order valence-electron chi connectivity index (χ4n) is 3.02. The van der Waals surface area contributed by atoms with Crippen molar-refractivity contribution >= 4 is 54.2 Å². The van der Waals surface area contributed by atoms with Crippen LogP contribution in [0.2, 0.25) is 0 Å². The van der Waals surface area contributed by atoms with Crippen molar-refractivity contribution in [2.24, 2.45) is 0 Å². The van der Waals surface area contributed by atoms with Gasteiger partial charge in [0.15, 0.2) is 0 Å². The smallest absolute Gasteiger partial charge is 0.0441 e. The van der Waals surface area contributed by atoms with Gasteiger partial charge in [0.05, 0.1) is 0 Å². The molecule has 106 valence electrons. The molecule has 0 amide bonds. The monoisotopic (exact) mass is 328 g/mol. The lowest BCUT2D eigenvalue weighted by Gasteiger charge is -2.07. The Balaban J connectivity index is 2.25. The molecule has 3 aromatic heterocycles. The molecule has 4 rings (SSSR count). The first-order chi connectivity index (χ1) is 10.0. The average molecular weight is 329 g/mol. The second kappa shape index (κ2) is 4.67. The summed E-state index contributed by atoms with van der Waals surface area (Å²) in [5, 5.41) is 2.87. The average Bonchev–Trinajstić information content (AvgIpc) is 3.09. The van der Waals surface area contributed by atoms with Crippen LogP contribution in [0.25, 0.3) is 30.6 Å². The van der Waals surface area contributed by atoms with E-state index in [4.69, 9.17) is 0 Å². The van der Waals surface area contributed by atoms with Crippen LogP contribution in [0.1, 0.15) is 20.2 Å². The minimum absolute atomic E-state index is 1.38. The van der Waals surface area contributed by atoms with Crippen LogP contribution in [-0.2, 0) is 0 Å². The van der Waals surface area contributed by atoms with E-state index in [0.717, 1.165) is 0 Å². The van der Waals surface area contributed by atoms with E-state index >= 15 is 0 Å². The molecule has 0 saturated heterocycles. The molecule has 0 aliphatic heterocycles. The quantitative estimate of drug-likeness (QED) is 0.350. The standard InChI is InChI=1S/C18H16S3/c1-9-5-6-15(19-9)16-14-8-11(3)20-17(14)12(4)13-7-10(2)21-18(13)16/h5-8H,1-4H3. The van der Waals surface area contributed by atoms with Crippen LogP contribution in [0.4, 0.5) is 0 Å². The first kappa shape index (κ1) is 13.5. The number of fused-ring (bicyclic) bond motifs is 2. The molecule has 0 radical (unpaired) electrons. The Bertz CT molecular complexity index is 921. The zero-order valence-corrected chi connectivity index (χ0v) is 15.0. The first-order valence-corrected chi connectivity index (χ1v) is 9.49. The van der Waals surface area contributed by atoms with Crippen LogP contribution >= 0.6 is 34.0 Å². The summed E-state index contributed by atoms with van der Waals surface area (Å²) in [6.07, 6.45) is 0. The van der Waals surface area contributed by atoms with Crippen LogP contribution in [0.5, 0.6) is 0 Å². The van der Waals surface area contributed by atoms with Crippen LogP contribution in [0.3, 0.4) is 0 Å². The molecule has 3 heteroatoms. The first-order valence-electron chi connectivity index (χ1n) is 7.04. The number of benzene rings is 1. The Hall–Kier alpha value is -1.16. The van der Waals surface area contributed by atoms with Gasteiger partial charge in [-0.25, -0.2) is 0 Å². The largest absolute Gasteiger partial charge is 0.141 e. The molecule has 3 heterocycles. The van der Waals surface area contributed by atoms with E-state index < -0.39 is 0 Å². The lowest BCUT2D eigenvalue weighted by Crippen LogP contribution is -1.80. The second-order valence-electron chi connectivity index (χ2n) is 5.61. The number of hydrogen-bond acceptors (Lipinski definition) is 3. The van der Waals surface area contributed by atoms with Gasteiger partial charge in [-0.15, -0.1) is 34.0 Å². The van der Waals surface area contributed by atoms with Crippen molar-refractivity contribution in [2.75, 3.05) is 0 Å². The highest BCUT2D eigenvalue weighted by molar-refractivity contribution is 7.22. The highest BCUT2D eigenvalue weighted by Crippen LogP contribution is 2.46. The van der Waals surface area contributed by atoms with Crippen molar-refractivity contribution in [3.63, 3.8) is 0 Å². The zero-order valence-electron chi connectivity index (χ0n) is 12.5. The van der Waals surface area contributed by atoms with Crippen LogP contribution in [0.15, 0.2) is 24.3 Å². The molecule has 21 heavy (non-hydrogen) atoms. The molecule has 0 aliphatic rings. The topological polar surface area (TPSA) is 0 Å². The molecule has 4 aromatic rings. The van der Waals surface area contributed by atoms with Crippen LogP contribution in [-0.4, -0.2) is 0 Å². The molecule has 0 bridgehead atoms. The molecule has 0 atom stereocenters. The van der Waals surface area contributed by atoms with E-state index in [9.17, 15) is 0 Å². The maximum absolute atomic E-state index is 2.37. The zero-order chi connectivity index (χ0) is 14.7. The molecule has 0 fully saturated rings. The molecular formula is C18H16S3. The van der Waals surface area contributed by atoms with Gasteiger partial charge in [0.1, 0.15) is 0 Å². The second-order valence-corrected chi connectivity index (χ2v) is 9.41. The number of rotatable bonds is 1. The summed E-state index contributed by atoms with van der Waals surface area (Å²) < 4.78 is 2.91. The highest BCUT2D eigenvalue weighted by Gasteiger charge is 2.18. The van der Waals surface area contributed by atoms with Gasteiger partial charge >= 0.3 is 0 Å². The maximum atomic E-state index is 2.37. The predicted molar refractivity (Wildman–Crippen MR) is 99.5 cm³/mol. The summed E-state index contributed by atoms with van der Waals surface area (Å²) in [5.41, 5.74) is 2.89. The summed E-state index contributed by atoms with van der Waals surface area (Å²) >= 11 is 5.77. The van der Waals surface area contributed by atoms with E-state index in [1.807, 2.05) is 34.0 Å². The molecule has 0 unspecified atom stereocenters. The van der Waals surface area contributed by atoms with Crippen molar-refractivity contribution in [3.8, 4) is 10.4 Å². The Morgan fingerprint density at radius 2 is 1.33 bits per heavy atom. The highest BCUT2D eigenvalue weighted by atomic mass is 32.1. The van der Waals surface area contributed by atoms with E-state index in [1.165, 1.54) is 50.8 Å². The van der Waals surface area contributed by atoms with Crippen molar-refractivity contribution in [3.05, 3.63) is 44.5 Å². The van der Waals surface area contributed by atoms with Gasteiger partial charge in [-0.05, 0) is 62.9 Å². The third-order valence-corrected chi connectivity index (χ3v) is 7.19. The lowest BCUT2D eigenvalue weighted by molar-refractivity contribution is 1.60. The van der Waals surface area contributed by atoms with Gasteiger partial charge in [0.2, 0.25) is 0 Å². The summed E-state index contributed by atoms with van der Waals surface area (Å²) in [6, 6.07) is 9.24. The van der Waals surface area contributed by atoms with E-state index in [2.05, 4.69) is 52.0 Å². The third-order valence-electron chi connectivity index (χ3n) is 3.94. The van der Waals surface area contributed by atoms with Gasteiger partial charge in [-0.2, -0.15) is 0 Å². The van der Waals surface area contributed by atoms with Gasteiger partial charge in [0, 0.05) is 39.9 Å². The molecule has 0 aliphatic carbocycles. The van der Waals surface area contributed by atoms with E-state index in [0.29, 0.717) is 0 Å². The molecular weight excluding hydrogens is 312 g/mol. The lowest BCUT2D eigenvalue weighted by atomic mass is 10.0. The van der Waals surface area contributed by atoms with Crippen LogP contribution in [0, 0.1) is 27.7 Å². The SMILES string of the molecule is Cc1ccc(-c2c3cc(C)sc3c(C)c3cc(C)sc23)s1. The normalized spacial score (nSPS) is 11.8. The Morgan fingerprint density at radius 1 is 0.667 bits per heavy atom. The number of thiophene rings is 3. The molecule has 0 N–H and O–H groups in total. The van der Waals surface area contributed by atoms with Crippen molar-refractivity contribution in [2.45, 2.75) is 27.7 Å². The summed E-state index contributed by atoms with van der Waals surface area (Å²) in [5.74, 6) is 0.